The minimum atomic E-state index is -2.42. The minimum absolute atomic E-state index is 0.201. The monoisotopic (exact) mass is 209 g/mol. The Morgan fingerprint density at radius 2 is 2.29 bits per heavy atom. The Kier molecular flexibility index (Phi) is 8.11. The molecule has 4 nitrogen and oxygen atoms in total. The van der Waals surface area contributed by atoms with Crippen molar-refractivity contribution >= 4 is 5.96 Å². The highest BCUT2D eigenvalue weighted by Gasteiger charge is 2.00. The first-order chi connectivity index (χ1) is 6.66. The Labute approximate surface area is 82.5 Å². The van der Waals surface area contributed by atoms with E-state index in [9.17, 15) is 8.78 Å². The molecule has 0 aliphatic heterocycles. The molecule has 0 saturated heterocycles. The van der Waals surface area contributed by atoms with Crippen molar-refractivity contribution in [3.63, 3.8) is 0 Å². The SMILES string of the molecule is CCCN=C(N)NCCOCC(F)F. The summed E-state index contributed by atoms with van der Waals surface area (Å²) in [6.07, 6.45) is -1.49. The maximum atomic E-state index is 11.6. The van der Waals surface area contributed by atoms with E-state index in [-0.39, 0.29) is 6.61 Å². The van der Waals surface area contributed by atoms with Crippen LogP contribution < -0.4 is 11.1 Å². The van der Waals surface area contributed by atoms with Crippen LogP contribution in [0.25, 0.3) is 0 Å². The maximum absolute atomic E-state index is 11.6. The van der Waals surface area contributed by atoms with Crippen molar-refractivity contribution in [3.8, 4) is 0 Å². The summed E-state index contributed by atoms with van der Waals surface area (Å²) in [6.45, 7) is 2.71. The van der Waals surface area contributed by atoms with Gasteiger partial charge in [0.1, 0.15) is 6.61 Å². The van der Waals surface area contributed by atoms with Gasteiger partial charge in [0.05, 0.1) is 6.61 Å². The average Bonchev–Trinajstić information content (AvgIpc) is 2.13. The molecule has 0 aromatic carbocycles. The number of halogens is 2. The molecular formula is C8H17F2N3O. The minimum Gasteiger partial charge on any atom is -0.374 e. The molecule has 6 heteroatoms. The first kappa shape index (κ1) is 13.1. The molecule has 0 aliphatic rings. The van der Waals surface area contributed by atoms with Crippen LogP contribution in [0.1, 0.15) is 13.3 Å². The molecular weight excluding hydrogens is 192 g/mol. The maximum Gasteiger partial charge on any atom is 0.261 e. The predicted molar refractivity (Wildman–Crippen MR) is 51.6 cm³/mol. The molecule has 84 valence electrons. The summed E-state index contributed by atoms with van der Waals surface area (Å²) in [5, 5.41) is 2.75. The Hall–Kier alpha value is -0.910. The normalized spacial score (nSPS) is 12.1. The van der Waals surface area contributed by atoms with Gasteiger partial charge >= 0.3 is 0 Å². The molecule has 14 heavy (non-hydrogen) atoms. The average molecular weight is 209 g/mol. The van der Waals surface area contributed by atoms with Gasteiger partial charge in [-0.15, -0.1) is 0 Å². The fraction of sp³-hybridized carbons (Fsp3) is 0.875. The van der Waals surface area contributed by atoms with Gasteiger partial charge in [0.25, 0.3) is 6.43 Å². The first-order valence-electron chi connectivity index (χ1n) is 4.56. The summed E-state index contributed by atoms with van der Waals surface area (Å²) in [4.78, 5) is 3.96. The molecule has 0 saturated carbocycles. The smallest absolute Gasteiger partial charge is 0.261 e. The number of nitrogens with zero attached hydrogens (tertiary/aromatic N) is 1. The van der Waals surface area contributed by atoms with E-state index in [1.807, 2.05) is 6.92 Å². The van der Waals surface area contributed by atoms with Gasteiger partial charge in [0.2, 0.25) is 0 Å². The fourth-order valence-corrected chi connectivity index (χ4v) is 0.712. The van der Waals surface area contributed by atoms with E-state index < -0.39 is 13.0 Å². The molecule has 0 aromatic heterocycles. The zero-order valence-corrected chi connectivity index (χ0v) is 8.30. The molecule has 0 unspecified atom stereocenters. The number of hydrogen-bond acceptors (Lipinski definition) is 2. The van der Waals surface area contributed by atoms with Crippen molar-refractivity contribution in [1.29, 1.82) is 0 Å². The van der Waals surface area contributed by atoms with Crippen molar-refractivity contribution in [3.05, 3.63) is 0 Å². The van der Waals surface area contributed by atoms with Gasteiger partial charge in [-0.1, -0.05) is 6.92 Å². The topological polar surface area (TPSA) is 59.6 Å². The summed E-state index contributed by atoms with van der Waals surface area (Å²) in [7, 11) is 0. The standard InChI is InChI=1S/C8H17F2N3O/c1-2-3-12-8(11)13-4-5-14-6-7(9)10/h7H,2-6H2,1H3,(H3,11,12,13). The Morgan fingerprint density at radius 3 is 2.86 bits per heavy atom. The number of rotatable bonds is 7. The van der Waals surface area contributed by atoms with Crippen molar-refractivity contribution in [2.75, 3.05) is 26.3 Å². The summed E-state index contributed by atoms with van der Waals surface area (Å²) in [5.41, 5.74) is 5.44. The van der Waals surface area contributed by atoms with Gasteiger partial charge in [0.15, 0.2) is 5.96 Å². The highest BCUT2D eigenvalue weighted by Crippen LogP contribution is 1.91. The molecule has 0 fully saturated rings. The van der Waals surface area contributed by atoms with E-state index in [1.165, 1.54) is 0 Å². The molecule has 0 rings (SSSR count). The van der Waals surface area contributed by atoms with Crippen LogP contribution in [-0.4, -0.2) is 38.7 Å². The van der Waals surface area contributed by atoms with Crippen LogP contribution >= 0.6 is 0 Å². The summed E-state index contributed by atoms with van der Waals surface area (Å²) in [5.74, 6) is 0.326. The zero-order valence-electron chi connectivity index (χ0n) is 8.30. The number of guanidine groups is 1. The van der Waals surface area contributed by atoms with Crippen LogP contribution in [-0.2, 0) is 4.74 Å². The molecule has 0 aromatic rings. The van der Waals surface area contributed by atoms with E-state index in [2.05, 4.69) is 15.0 Å². The van der Waals surface area contributed by atoms with Gasteiger partial charge in [-0.3, -0.25) is 4.99 Å². The third-order valence-electron chi connectivity index (χ3n) is 1.30. The van der Waals surface area contributed by atoms with Gasteiger partial charge in [-0.05, 0) is 6.42 Å². The summed E-state index contributed by atoms with van der Waals surface area (Å²) < 4.78 is 27.8. The molecule has 0 radical (unpaired) electrons. The van der Waals surface area contributed by atoms with Crippen molar-refractivity contribution in [2.45, 2.75) is 19.8 Å². The van der Waals surface area contributed by atoms with Gasteiger partial charge in [-0.2, -0.15) is 0 Å². The second-order valence-corrected chi connectivity index (χ2v) is 2.66. The lowest BCUT2D eigenvalue weighted by molar-refractivity contribution is 0.0197. The molecule has 3 N–H and O–H groups in total. The number of hydrogen-bond donors (Lipinski definition) is 2. The summed E-state index contributed by atoms with van der Waals surface area (Å²) in [6, 6.07) is 0. The van der Waals surface area contributed by atoms with E-state index in [4.69, 9.17) is 5.73 Å². The largest absolute Gasteiger partial charge is 0.374 e. The first-order valence-corrected chi connectivity index (χ1v) is 4.56. The highest BCUT2D eigenvalue weighted by atomic mass is 19.3. The van der Waals surface area contributed by atoms with E-state index in [0.29, 0.717) is 19.0 Å². The van der Waals surface area contributed by atoms with Crippen molar-refractivity contribution < 1.29 is 13.5 Å². The lowest BCUT2D eigenvalue weighted by Gasteiger charge is -2.05. The van der Waals surface area contributed by atoms with Crippen LogP contribution in [0.2, 0.25) is 0 Å². The predicted octanol–water partition coefficient (Wildman–Crippen LogP) is 0.582. The highest BCUT2D eigenvalue weighted by molar-refractivity contribution is 5.77. The molecule has 0 spiro atoms. The zero-order chi connectivity index (χ0) is 10.8. The number of alkyl halides is 2. The second kappa shape index (κ2) is 8.68. The van der Waals surface area contributed by atoms with E-state index in [1.54, 1.807) is 0 Å². The van der Waals surface area contributed by atoms with Crippen molar-refractivity contribution in [1.82, 2.24) is 5.32 Å². The molecule has 0 amide bonds. The lowest BCUT2D eigenvalue weighted by atomic mass is 10.5. The van der Waals surface area contributed by atoms with Gasteiger partial charge < -0.3 is 15.8 Å². The molecule has 0 aliphatic carbocycles. The van der Waals surface area contributed by atoms with Gasteiger partial charge in [-0.25, -0.2) is 8.78 Å². The van der Waals surface area contributed by atoms with Crippen LogP contribution in [0, 0.1) is 0 Å². The molecule has 0 bridgehead atoms. The molecule has 0 heterocycles. The van der Waals surface area contributed by atoms with Gasteiger partial charge in [0, 0.05) is 13.1 Å². The number of nitrogens with two attached hydrogens (primary N) is 1. The van der Waals surface area contributed by atoms with E-state index in [0.717, 1.165) is 6.42 Å². The number of ether oxygens (including phenoxy) is 1. The third kappa shape index (κ3) is 9.18. The van der Waals surface area contributed by atoms with Crippen LogP contribution in [0.5, 0.6) is 0 Å². The fourth-order valence-electron chi connectivity index (χ4n) is 0.712. The van der Waals surface area contributed by atoms with Crippen LogP contribution in [0.15, 0.2) is 4.99 Å². The Balaban J connectivity index is 3.27. The quantitative estimate of drug-likeness (QED) is 0.366. The van der Waals surface area contributed by atoms with Crippen LogP contribution in [0.4, 0.5) is 8.78 Å². The lowest BCUT2D eigenvalue weighted by Crippen LogP contribution is -2.34. The van der Waals surface area contributed by atoms with Crippen LogP contribution in [0.3, 0.4) is 0 Å². The molecule has 0 atom stereocenters. The number of aliphatic imine (C=N–C) groups is 1. The van der Waals surface area contributed by atoms with Crippen molar-refractivity contribution in [2.24, 2.45) is 10.7 Å². The Bertz CT molecular complexity index is 165. The summed E-state index contributed by atoms with van der Waals surface area (Å²) >= 11 is 0. The number of nitrogens with one attached hydrogen (secondary N) is 1. The van der Waals surface area contributed by atoms with E-state index >= 15 is 0 Å². The Morgan fingerprint density at radius 1 is 1.57 bits per heavy atom. The second-order valence-electron chi connectivity index (χ2n) is 2.66. The third-order valence-corrected chi connectivity index (χ3v) is 1.30.